The molecule has 1 unspecified atom stereocenters. The molecule has 0 saturated carbocycles. The highest BCUT2D eigenvalue weighted by atomic mass is 35.7. The fourth-order valence-corrected chi connectivity index (χ4v) is 3.26. The zero-order valence-corrected chi connectivity index (χ0v) is 14.1. The summed E-state index contributed by atoms with van der Waals surface area (Å²) in [7, 11) is 3.03. The Bertz CT molecular complexity index is 629. The molecule has 0 N–H and O–H groups in total. The van der Waals surface area contributed by atoms with Crippen molar-refractivity contribution in [2.45, 2.75) is 38.1 Å². The number of halogens is 2. The molecule has 0 heterocycles. The van der Waals surface area contributed by atoms with E-state index < -0.39 is 9.05 Å². The summed E-state index contributed by atoms with van der Waals surface area (Å²) in [5.74, 6) is -0.263. The molecule has 0 radical (unpaired) electrons. The highest BCUT2D eigenvalue weighted by Crippen LogP contribution is 2.29. The Morgan fingerprint density at radius 2 is 1.95 bits per heavy atom. The first-order valence-corrected chi connectivity index (χ1v) is 8.80. The van der Waals surface area contributed by atoms with Crippen LogP contribution in [0.3, 0.4) is 0 Å². The maximum absolute atomic E-state index is 12.3. The van der Waals surface area contributed by atoms with Crippen LogP contribution in [0.1, 0.15) is 36.2 Å². The molecule has 0 aromatic heterocycles. The summed E-state index contributed by atoms with van der Waals surface area (Å²) in [6, 6.07) is 2.84. The third-order valence-electron chi connectivity index (χ3n) is 3.30. The Labute approximate surface area is 129 Å². The van der Waals surface area contributed by atoms with Gasteiger partial charge in [0.2, 0.25) is 0 Å². The van der Waals surface area contributed by atoms with Crippen LogP contribution in [-0.2, 0) is 9.05 Å². The zero-order chi connectivity index (χ0) is 15.7. The highest BCUT2D eigenvalue weighted by Gasteiger charge is 2.22. The predicted molar refractivity (Wildman–Crippen MR) is 81.1 cm³/mol. The first kappa shape index (κ1) is 17.3. The standard InChI is InChI=1S/C13H17Cl2NO3S/c1-5-9(3)16(4)13(17)10-6-8(2)12(14)11(7-10)20(15,18)19/h6-7,9H,5H2,1-4H3. The fourth-order valence-electron chi connectivity index (χ4n) is 1.72. The highest BCUT2D eigenvalue weighted by molar-refractivity contribution is 8.13. The van der Waals surface area contributed by atoms with E-state index in [2.05, 4.69) is 0 Å². The van der Waals surface area contributed by atoms with E-state index in [1.54, 1.807) is 24.9 Å². The summed E-state index contributed by atoms with van der Waals surface area (Å²) in [5.41, 5.74) is 0.753. The Kier molecular flexibility index (Phi) is 5.46. The van der Waals surface area contributed by atoms with Crippen LogP contribution in [0.15, 0.2) is 17.0 Å². The van der Waals surface area contributed by atoms with Gasteiger partial charge in [-0.25, -0.2) is 8.42 Å². The molecular weight excluding hydrogens is 321 g/mol. The van der Waals surface area contributed by atoms with Crippen molar-refractivity contribution in [3.05, 3.63) is 28.3 Å². The van der Waals surface area contributed by atoms with Crippen LogP contribution in [0.5, 0.6) is 0 Å². The molecule has 1 aromatic rings. The molecule has 0 aliphatic heterocycles. The topological polar surface area (TPSA) is 54.5 Å². The second-order valence-electron chi connectivity index (χ2n) is 4.72. The third-order valence-corrected chi connectivity index (χ3v) is 5.26. The van der Waals surface area contributed by atoms with Crippen molar-refractivity contribution in [2.75, 3.05) is 7.05 Å². The number of benzene rings is 1. The van der Waals surface area contributed by atoms with Gasteiger partial charge in [-0.05, 0) is 38.0 Å². The van der Waals surface area contributed by atoms with Crippen molar-refractivity contribution in [1.29, 1.82) is 0 Å². The van der Waals surface area contributed by atoms with Crippen LogP contribution in [0.25, 0.3) is 0 Å². The number of carbonyl (C=O) groups is 1. The second kappa shape index (κ2) is 6.33. The van der Waals surface area contributed by atoms with E-state index in [-0.39, 0.29) is 27.4 Å². The van der Waals surface area contributed by atoms with E-state index in [1.165, 1.54) is 6.07 Å². The summed E-state index contributed by atoms with van der Waals surface area (Å²) >= 11 is 5.94. The number of amides is 1. The Morgan fingerprint density at radius 1 is 1.40 bits per heavy atom. The number of aryl methyl sites for hydroxylation is 1. The zero-order valence-electron chi connectivity index (χ0n) is 11.8. The van der Waals surface area contributed by atoms with Crippen LogP contribution >= 0.6 is 22.3 Å². The molecule has 4 nitrogen and oxygen atoms in total. The number of rotatable bonds is 4. The van der Waals surface area contributed by atoms with E-state index in [4.69, 9.17) is 22.3 Å². The molecule has 112 valence electrons. The normalized spacial score (nSPS) is 13.1. The van der Waals surface area contributed by atoms with E-state index >= 15 is 0 Å². The molecule has 0 aliphatic carbocycles. The summed E-state index contributed by atoms with van der Waals surface area (Å²) in [5, 5.41) is 0.0442. The minimum atomic E-state index is -3.99. The van der Waals surface area contributed by atoms with E-state index in [9.17, 15) is 13.2 Å². The van der Waals surface area contributed by atoms with Gasteiger partial charge >= 0.3 is 0 Å². The van der Waals surface area contributed by atoms with Gasteiger partial charge in [0.05, 0.1) is 5.02 Å². The molecule has 0 spiro atoms. The first-order valence-electron chi connectivity index (χ1n) is 6.11. The lowest BCUT2D eigenvalue weighted by molar-refractivity contribution is 0.0740. The Morgan fingerprint density at radius 3 is 2.40 bits per heavy atom. The lowest BCUT2D eigenvalue weighted by atomic mass is 10.1. The van der Waals surface area contributed by atoms with Crippen molar-refractivity contribution in [3.8, 4) is 0 Å². The first-order chi connectivity index (χ1) is 9.09. The van der Waals surface area contributed by atoms with Gasteiger partial charge in [-0.15, -0.1) is 0 Å². The minimum Gasteiger partial charge on any atom is -0.339 e. The summed E-state index contributed by atoms with van der Waals surface area (Å²) in [6.07, 6.45) is 0.801. The molecule has 0 saturated heterocycles. The molecule has 0 bridgehead atoms. The van der Waals surface area contributed by atoms with Crippen molar-refractivity contribution in [3.63, 3.8) is 0 Å². The van der Waals surface area contributed by atoms with Gasteiger partial charge < -0.3 is 4.90 Å². The van der Waals surface area contributed by atoms with Crippen LogP contribution in [0.4, 0.5) is 0 Å². The lowest BCUT2D eigenvalue weighted by Gasteiger charge is -2.24. The molecule has 1 aromatic carbocycles. The van der Waals surface area contributed by atoms with Crippen LogP contribution in [0.2, 0.25) is 5.02 Å². The number of hydrogen-bond donors (Lipinski definition) is 0. The van der Waals surface area contributed by atoms with E-state index in [1.807, 2.05) is 13.8 Å². The van der Waals surface area contributed by atoms with E-state index in [0.29, 0.717) is 5.56 Å². The molecule has 0 aliphatic rings. The minimum absolute atomic E-state index is 0.0442. The maximum atomic E-state index is 12.3. The van der Waals surface area contributed by atoms with Gasteiger partial charge in [0.1, 0.15) is 4.90 Å². The summed E-state index contributed by atoms with van der Waals surface area (Å²) in [4.78, 5) is 13.7. The summed E-state index contributed by atoms with van der Waals surface area (Å²) in [6.45, 7) is 5.52. The number of nitrogens with zero attached hydrogens (tertiary/aromatic N) is 1. The number of hydrogen-bond acceptors (Lipinski definition) is 3. The van der Waals surface area contributed by atoms with Crippen molar-refractivity contribution >= 4 is 37.2 Å². The van der Waals surface area contributed by atoms with Crippen molar-refractivity contribution < 1.29 is 13.2 Å². The average molecular weight is 338 g/mol. The fraction of sp³-hybridized carbons (Fsp3) is 0.462. The molecular formula is C13H17Cl2NO3S. The lowest BCUT2D eigenvalue weighted by Crippen LogP contribution is -2.34. The number of carbonyl (C=O) groups excluding carboxylic acids is 1. The largest absolute Gasteiger partial charge is 0.339 e. The SMILES string of the molecule is CCC(C)N(C)C(=O)c1cc(C)c(Cl)c(S(=O)(=O)Cl)c1. The van der Waals surface area contributed by atoms with Gasteiger partial charge in [0, 0.05) is 29.3 Å². The van der Waals surface area contributed by atoms with Gasteiger partial charge in [-0.1, -0.05) is 18.5 Å². The third kappa shape index (κ3) is 3.65. The second-order valence-corrected chi connectivity index (χ2v) is 7.63. The van der Waals surface area contributed by atoms with Crippen LogP contribution < -0.4 is 0 Å². The smallest absolute Gasteiger partial charge is 0.262 e. The van der Waals surface area contributed by atoms with E-state index in [0.717, 1.165) is 6.42 Å². The predicted octanol–water partition coefficient (Wildman–Crippen LogP) is 3.45. The molecule has 1 amide bonds. The molecule has 20 heavy (non-hydrogen) atoms. The maximum Gasteiger partial charge on any atom is 0.262 e. The van der Waals surface area contributed by atoms with Gasteiger partial charge in [-0.3, -0.25) is 4.79 Å². The Hall–Kier alpha value is -0.780. The van der Waals surface area contributed by atoms with Crippen molar-refractivity contribution in [1.82, 2.24) is 4.90 Å². The quantitative estimate of drug-likeness (QED) is 0.790. The molecule has 1 atom stereocenters. The van der Waals surface area contributed by atoms with Gasteiger partial charge in [0.15, 0.2) is 0 Å². The van der Waals surface area contributed by atoms with Crippen molar-refractivity contribution in [2.24, 2.45) is 0 Å². The van der Waals surface area contributed by atoms with Gasteiger partial charge in [-0.2, -0.15) is 0 Å². The summed E-state index contributed by atoms with van der Waals surface area (Å²) < 4.78 is 23.0. The Balaban J connectivity index is 3.35. The molecule has 7 heteroatoms. The molecule has 0 fully saturated rings. The van der Waals surface area contributed by atoms with Crippen LogP contribution in [-0.4, -0.2) is 32.3 Å². The molecule has 1 rings (SSSR count). The van der Waals surface area contributed by atoms with Crippen LogP contribution in [0, 0.1) is 6.92 Å². The monoisotopic (exact) mass is 337 g/mol. The van der Waals surface area contributed by atoms with Gasteiger partial charge in [0.25, 0.3) is 15.0 Å². The average Bonchev–Trinajstić information content (AvgIpc) is 2.37.